The average Bonchev–Trinajstić information content (AvgIpc) is 3.44. The van der Waals surface area contributed by atoms with Crippen molar-refractivity contribution >= 4 is 34.7 Å². The maximum atomic E-state index is 11.6. The first-order valence-corrected chi connectivity index (χ1v) is 10.1. The molecule has 7 nitrogen and oxygen atoms in total. The van der Waals surface area contributed by atoms with Crippen LogP contribution in [0.5, 0.6) is 0 Å². The number of anilines is 1. The lowest BCUT2D eigenvalue weighted by Crippen LogP contribution is -2.32. The van der Waals surface area contributed by atoms with E-state index in [0.717, 1.165) is 9.75 Å². The van der Waals surface area contributed by atoms with Gasteiger partial charge in [0.15, 0.2) is 0 Å². The largest absolute Gasteiger partial charge is 0.352 e. The summed E-state index contributed by atoms with van der Waals surface area (Å²) in [6.07, 6.45) is 1.54. The van der Waals surface area contributed by atoms with Crippen molar-refractivity contribution in [1.82, 2.24) is 20.2 Å². The average molecular weight is 397 g/mol. The second-order valence-electron chi connectivity index (χ2n) is 5.85. The molecule has 3 aromatic heterocycles. The van der Waals surface area contributed by atoms with Gasteiger partial charge in [0, 0.05) is 35.9 Å². The molecule has 0 atom stereocenters. The van der Waals surface area contributed by atoms with Crippen molar-refractivity contribution < 1.29 is 4.79 Å². The van der Waals surface area contributed by atoms with Gasteiger partial charge in [-0.15, -0.1) is 22.7 Å². The minimum Gasteiger partial charge on any atom is -0.352 e. The Hall–Kier alpha value is -2.96. The van der Waals surface area contributed by atoms with Crippen LogP contribution in [0.25, 0.3) is 20.3 Å². The smallest absolute Gasteiger partial charge is 0.317 e. The SMILES string of the molecule is N#Cc1cnc(NCCN2CCNC2=O)nc1-c1ccc(-c2cccs2)s1. The van der Waals surface area contributed by atoms with Crippen LogP contribution in [0.2, 0.25) is 0 Å². The molecule has 0 aromatic carbocycles. The van der Waals surface area contributed by atoms with Crippen LogP contribution in [-0.2, 0) is 0 Å². The van der Waals surface area contributed by atoms with E-state index in [9.17, 15) is 10.1 Å². The molecule has 1 aliphatic rings. The van der Waals surface area contributed by atoms with Crippen LogP contribution in [0, 0.1) is 11.3 Å². The molecule has 0 aliphatic carbocycles. The maximum Gasteiger partial charge on any atom is 0.317 e. The number of thiophene rings is 2. The lowest BCUT2D eigenvalue weighted by molar-refractivity contribution is 0.219. The first-order valence-electron chi connectivity index (χ1n) is 8.42. The molecule has 2 amide bonds. The molecule has 1 fully saturated rings. The Balaban J connectivity index is 1.51. The van der Waals surface area contributed by atoms with Gasteiger partial charge in [0.25, 0.3) is 0 Å². The van der Waals surface area contributed by atoms with Crippen molar-refractivity contribution in [3.63, 3.8) is 0 Å². The first kappa shape index (κ1) is 17.5. The van der Waals surface area contributed by atoms with E-state index in [1.165, 1.54) is 11.1 Å². The number of carbonyl (C=O) groups is 1. The molecular formula is C18H16N6OS2. The molecule has 1 saturated heterocycles. The number of amides is 2. The molecule has 136 valence electrons. The molecule has 1 aliphatic heterocycles. The summed E-state index contributed by atoms with van der Waals surface area (Å²) in [6.45, 7) is 2.51. The first-order chi connectivity index (χ1) is 13.2. The molecule has 4 heterocycles. The van der Waals surface area contributed by atoms with Gasteiger partial charge in [0.2, 0.25) is 5.95 Å². The zero-order valence-corrected chi connectivity index (χ0v) is 15.9. The number of nitrogens with one attached hydrogen (secondary N) is 2. The molecule has 0 unspecified atom stereocenters. The van der Waals surface area contributed by atoms with E-state index in [4.69, 9.17) is 0 Å². The van der Waals surface area contributed by atoms with Gasteiger partial charge in [-0.1, -0.05) is 6.07 Å². The molecule has 0 radical (unpaired) electrons. The summed E-state index contributed by atoms with van der Waals surface area (Å²) in [4.78, 5) is 25.3. The van der Waals surface area contributed by atoms with Crippen LogP contribution in [0.15, 0.2) is 35.8 Å². The molecule has 0 bridgehead atoms. The summed E-state index contributed by atoms with van der Waals surface area (Å²) >= 11 is 3.29. The maximum absolute atomic E-state index is 11.6. The van der Waals surface area contributed by atoms with E-state index < -0.39 is 0 Å². The van der Waals surface area contributed by atoms with Crippen molar-refractivity contribution in [2.45, 2.75) is 0 Å². The summed E-state index contributed by atoms with van der Waals surface area (Å²) in [6, 6.07) is 10.3. The second-order valence-corrected chi connectivity index (χ2v) is 7.89. The number of nitriles is 1. The minimum absolute atomic E-state index is 0.0436. The second kappa shape index (κ2) is 7.73. The molecule has 3 aromatic rings. The fourth-order valence-corrected chi connectivity index (χ4v) is 4.62. The molecule has 0 saturated carbocycles. The Morgan fingerprint density at radius 3 is 2.93 bits per heavy atom. The number of carbonyl (C=O) groups excluding carboxylic acids is 1. The Morgan fingerprint density at radius 2 is 2.19 bits per heavy atom. The normalized spacial score (nSPS) is 13.4. The number of hydrogen-bond donors (Lipinski definition) is 2. The van der Waals surface area contributed by atoms with Crippen LogP contribution >= 0.6 is 22.7 Å². The van der Waals surface area contributed by atoms with E-state index >= 15 is 0 Å². The topological polar surface area (TPSA) is 93.9 Å². The van der Waals surface area contributed by atoms with Crippen LogP contribution in [0.3, 0.4) is 0 Å². The standard InChI is InChI=1S/C18H16N6OS2/c19-10-12-11-22-17(20-5-7-24-8-6-21-18(24)25)23-16(12)15-4-3-14(27-15)13-2-1-9-26-13/h1-4,9,11H,5-8H2,(H,21,25)(H,20,22,23). The van der Waals surface area contributed by atoms with Gasteiger partial charge in [-0.25, -0.2) is 14.8 Å². The van der Waals surface area contributed by atoms with Crippen LogP contribution in [0.1, 0.15) is 5.56 Å². The van der Waals surface area contributed by atoms with E-state index in [2.05, 4.69) is 32.7 Å². The lowest BCUT2D eigenvalue weighted by Gasteiger charge is -2.14. The number of hydrogen-bond acceptors (Lipinski definition) is 7. The highest BCUT2D eigenvalue weighted by Crippen LogP contribution is 2.36. The zero-order chi connectivity index (χ0) is 18.6. The van der Waals surface area contributed by atoms with Gasteiger partial charge >= 0.3 is 6.03 Å². The van der Waals surface area contributed by atoms with Crippen molar-refractivity contribution in [2.75, 3.05) is 31.5 Å². The predicted molar refractivity (Wildman–Crippen MR) is 107 cm³/mol. The van der Waals surface area contributed by atoms with Crippen LogP contribution < -0.4 is 10.6 Å². The van der Waals surface area contributed by atoms with Crippen molar-refractivity contribution in [2.24, 2.45) is 0 Å². The van der Waals surface area contributed by atoms with E-state index in [1.54, 1.807) is 27.6 Å². The summed E-state index contributed by atoms with van der Waals surface area (Å²) in [5.74, 6) is 0.453. The van der Waals surface area contributed by atoms with Gasteiger partial charge in [-0.3, -0.25) is 0 Å². The van der Waals surface area contributed by atoms with Gasteiger partial charge in [-0.05, 0) is 23.6 Å². The molecule has 27 heavy (non-hydrogen) atoms. The van der Waals surface area contributed by atoms with Crippen LogP contribution in [0.4, 0.5) is 10.7 Å². The van der Waals surface area contributed by atoms with E-state index in [-0.39, 0.29) is 6.03 Å². The zero-order valence-electron chi connectivity index (χ0n) is 14.3. The van der Waals surface area contributed by atoms with Gasteiger partial charge in [0.1, 0.15) is 11.8 Å². The fraction of sp³-hybridized carbons (Fsp3) is 0.222. The molecule has 4 rings (SSSR count). The Bertz CT molecular complexity index is 992. The number of urea groups is 1. The third-order valence-corrected chi connectivity index (χ3v) is 6.28. The number of aromatic nitrogens is 2. The summed E-state index contributed by atoms with van der Waals surface area (Å²) in [5.41, 5.74) is 1.07. The van der Waals surface area contributed by atoms with E-state index in [0.29, 0.717) is 43.4 Å². The van der Waals surface area contributed by atoms with Gasteiger partial charge in [-0.2, -0.15) is 5.26 Å². The molecule has 2 N–H and O–H groups in total. The molecule has 0 spiro atoms. The third kappa shape index (κ3) is 3.77. The molecule has 9 heteroatoms. The number of rotatable bonds is 6. The summed E-state index contributed by atoms with van der Waals surface area (Å²) in [7, 11) is 0. The Kier molecular flexibility index (Phi) is 5.00. The van der Waals surface area contributed by atoms with E-state index in [1.807, 2.05) is 23.6 Å². The lowest BCUT2D eigenvalue weighted by atomic mass is 10.2. The minimum atomic E-state index is -0.0436. The number of nitrogens with zero attached hydrogens (tertiary/aromatic N) is 4. The molecular weight excluding hydrogens is 380 g/mol. The van der Waals surface area contributed by atoms with Gasteiger partial charge < -0.3 is 15.5 Å². The van der Waals surface area contributed by atoms with Crippen molar-refractivity contribution in [3.05, 3.63) is 41.4 Å². The highest BCUT2D eigenvalue weighted by atomic mass is 32.1. The third-order valence-electron chi connectivity index (χ3n) is 4.12. The summed E-state index contributed by atoms with van der Waals surface area (Å²) < 4.78 is 0. The van der Waals surface area contributed by atoms with Crippen molar-refractivity contribution in [1.29, 1.82) is 5.26 Å². The highest BCUT2D eigenvalue weighted by molar-refractivity contribution is 7.23. The van der Waals surface area contributed by atoms with Crippen LogP contribution in [-0.4, -0.2) is 47.1 Å². The fourth-order valence-electron chi connectivity index (χ4n) is 2.78. The monoisotopic (exact) mass is 396 g/mol. The quantitative estimate of drug-likeness (QED) is 0.667. The Morgan fingerprint density at radius 1 is 1.30 bits per heavy atom. The van der Waals surface area contributed by atoms with Crippen molar-refractivity contribution in [3.8, 4) is 26.4 Å². The van der Waals surface area contributed by atoms with Gasteiger partial charge in [0.05, 0.1) is 16.6 Å². The summed E-state index contributed by atoms with van der Waals surface area (Å²) in [5, 5.41) is 17.4. The predicted octanol–water partition coefficient (Wildman–Crippen LogP) is 3.24. The Labute approximate surface area is 164 Å². The highest BCUT2D eigenvalue weighted by Gasteiger charge is 2.18.